The molecule has 29 heavy (non-hydrogen) atoms. The van der Waals surface area contributed by atoms with E-state index in [2.05, 4.69) is 58.7 Å². The monoisotopic (exact) mass is 394 g/mol. The van der Waals surface area contributed by atoms with Gasteiger partial charge in [0.25, 0.3) is 0 Å². The second-order valence-corrected chi connectivity index (χ2v) is 7.27. The average Bonchev–Trinajstić information content (AvgIpc) is 3.14. The molecule has 0 amide bonds. The molecule has 7 heteroatoms. The van der Waals surface area contributed by atoms with E-state index in [0.29, 0.717) is 12.5 Å². The van der Waals surface area contributed by atoms with Gasteiger partial charge in [0.1, 0.15) is 12.3 Å². The molecule has 1 aromatic carbocycles. The highest BCUT2D eigenvalue weighted by molar-refractivity contribution is 5.79. The number of ether oxygens (including phenoxy) is 1. The topological polar surface area (TPSA) is 75.8 Å². The van der Waals surface area contributed by atoms with Gasteiger partial charge in [-0.1, -0.05) is 32.0 Å². The molecule has 0 bridgehead atoms. The Labute approximate surface area is 172 Å². The SMILES string of the molecule is CCNC(=NCc1nnc2ccccn12)NCCc1ccc(OCC(C)C)cc1. The summed E-state index contributed by atoms with van der Waals surface area (Å²) in [5.41, 5.74) is 2.09. The van der Waals surface area contributed by atoms with Crippen molar-refractivity contribution in [2.45, 2.75) is 33.7 Å². The number of aliphatic imine (C=N–C) groups is 1. The maximum absolute atomic E-state index is 5.74. The largest absolute Gasteiger partial charge is 0.493 e. The van der Waals surface area contributed by atoms with Crippen molar-refractivity contribution >= 4 is 11.6 Å². The number of hydrogen-bond donors (Lipinski definition) is 2. The van der Waals surface area contributed by atoms with E-state index in [0.717, 1.165) is 49.3 Å². The van der Waals surface area contributed by atoms with Crippen LogP contribution in [0.2, 0.25) is 0 Å². The Kier molecular flexibility index (Phi) is 7.44. The molecule has 2 N–H and O–H groups in total. The van der Waals surface area contributed by atoms with Gasteiger partial charge in [0.05, 0.1) is 6.61 Å². The zero-order valence-corrected chi connectivity index (χ0v) is 17.4. The summed E-state index contributed by atoms with van der Waals surface area (Å²) in [6, 6.07) is 14.1. The van der Waals surface area contributed by atoms with Crippen LogP contribution >= 0.6 is 0 Å². The van der Waals surface area contributed by atoms with Crippen molar-refractivity contribution in [1.82, 2.24) is 25.2 Å². The molecule has 2 heterocycles. The van der Waals surface area contributed by atoms with Crippen LogP contribution in [-0.4, -0.2) is 40.3 Å². The standard InChI is InChI=1S/C22H30N6O/c1-4-23-22(25-15-21-27-26-20-7-5-6-14-28(20)21)24-13-12-18-8-10-19(11-9-18)29-16-17(2)3/h5-11,14,17H,4,12-13,15-16H2,1-3H3,(H2,23,24,25). The lowest BCUT2D eigenvalue weighted by Crippen LogP contribution is -2.38. The zero-order chi connectivity index (χ0) is 20.5. The van der Waals surface area contributed by atoms with E-state index in [1.54, 1.807) is 0 Å². The Balaban J connectivity index is 1.52. The molecule has 0 aliphatic heterocycles. The van der Waals surface area contributed by atoms with E-state index in [9.17, 15) is 0 Å². The van der Waals surface area contributed by atoms with Crippen LogP contribution in [0.4, 0.5) is 0 Å². The summed E-state index contributed by atoms with van der Waals surface area (Å²) in [5.74, 6) is 3.04. The first-order valence-corrected chi connectivity index (χ1v) is 10.2. The van der Waals surface area contributed by atoms with E-state index in [1.165, 1.54) is 5.56 Å². The summed E-state index contributed by atoms with van der Waals surface area (Å²) < 4.78 is 7.69. The van der Waals surface area contributed by atoms with Crippen LogP contribution in [0.25, 0.3) is 5.65 Å². The Bertz CT molecular complexity index is 916. The van der Waals surface area contributed by atoms with Crippen molar-refractivity contribution in [1.29, 1.82) is 0 Å². The summed E-state index contributed by atoms with van der Waals surface area (Å²) in [5, 5.41) is 15.1. The molecule has 0 spiro atoms. The molecule has 0 saturated heterocycles. The highest BCUT2D eigenvalue weighted by Crippen LogP contribution is 2.13. The summed E-state index contributed by atoms with van der Waals surface area (Å²) in [6.07, 6.45) is 2.86. The van der Waals surface area contributed by atoms with Crippen LogP contribution in [0, 0.1) is 5.92 Å². The third-order valence-corrected chi connectivity index (χ3v) is 4.32. The number of fused-ring (bicyclic) bond motifs is 1. The van der Waals surface area contributed by atoms with Crippen molar-refractivity contribution in [2.75, 3.05) is 19.7 Å². The van der Waals surface area contributed by atoms with Crippen molar-refractivity contribution in [3.05, 3.63) is 60.0 Å². The first-order chi connectivity index (χ1) is 14.2. The van der Waals surface area contributed by atoms with E-state index in [-0.39, 0.29) is 0 Å². The first-order valence-electron chi connectivity index (χ1n) is 10.2. The third kappa shape index (κ3) is 6.20. The van der Waals surface area contributed by atoms with Gasteiger partial charge >= 0.3 is 0 Å². The fourth-order valence-electron chi connectivity index (χ4n) is 2.83. The predicted octanol–water partition coefficient (Wildman–Crippen LogP) is 3.06. The Morgan fingerprint density at radius 2 is 1.93 bits per heavy atom. The third-order valence-electron chi connectivity index (χ3n) is 4.32. The minimum atomic E-state index is 0.461. The van der Waals surface area contributed by atoms with Crippen molar-refractivity contribution in [2.24, 2.45) is 10.9 Å². The van der Waals surface area contributed by atoms with Gasteiger partial charge in [0.15, 0.2) is 17.4 Å². The van der Waals surface area contributed by atoms with Crippen LogP contribution in [0.3, 0.4) is 0 Å². The normalized spacial score (nSPS) is 11.8. The molecule has 3 rings (SSSR count). The molecular formula is C22H30N6O. The van der Waals surface area contributed by atoms with Crippen molar-refractivity contribution < 1.29 is 4.74 Å². The number of benzene rings is 1. The number of aromatic nitrogens is 3. The maximum atomic E-state index is 5.74. The highest BCUT2D eigenvalue weighted by Gasteiger charge is 2.05. The van der Waals surface area contributed by atoms with E-state index in [4.69, 9.17) is 4.74 Å². The second-order valence-electron chi connectivity index (χ2n) is 7.27. The number of pyridine rings is 1. The Hall–Kier alpha value is -3.09. The first kappa shape index (κ1) is 20.6. The molecule has 0 fully saturated rings. The Morgan fingerprint density at radius 3 is 2.69 bits per heavy atom. The smallest absolute Gasteiger partial charge is 0.191 e. The predicted molar refractivity (Wildman–Crippen MR) is 116 cm³/mol. The van der Waals surface area contributed by atoms with Crippen molar-refractivity contribution in [3.8, 4) is 5.75 Å². The molecule has 0 radical (unpaired) electrons. The van der Waals surface area contributed by atoms with Crippen molar-refractivity contribution in [3.63, 3.8) is 0 Å². The van der Waals surface area contributed by atoms with Crippen LogP contribution in [0.1, 0.15) is 32.2 Å². The molecule has 0 unspecified atom stereocenters. The van der Waals surface area contributed by atoms with Gasteiger partial charge in [0, 0.05) is 19.3 Å². The van der Waals surface area contributed by atoms with E-state index >= 15 is 0 Å². The van der Waals surface area contributed by atoms with Crippen LogP contribution in [0.5, 0.6) is 5.75 Å². The van der Waals surface area contributed by atoms with E-state index < -0.39 is 0 Å². The van der Waals surface area contributed by atoms with E-state index in [1.807, 2.05) is 40.9 Å². The lowest BCUT2D eigenvalue weighted by molar-refractivity contribution is 0.271. The second kappa shape index (κ2) is 10.5. The van der Waals surface area contributed by atoms with Gasteiger partial charge in [-0.15, -0.1) is 10.2 Å². The quantitative estimate of drug-likeness (QED) is 0.431. The van der Waals surface area contributed by atoms with Crippen LogP contribution in [0.15, 0.2) is 53.7 Å². The number of nitrogens with zero attached hydrogens (tertiary/aromatic N) is 4. The zero-order valence-electron chi connectivity index (χ0n) is 17.4. The molecule has 2 aromatic heterocycles. The van der Waals surface area contributed by atoms with Gasteiger partial charge in [-0.3, -0.25) is 4.40 Å². The highest BCUT2D eigenvalue weighted by atomic mass is 16.5. The molecule has 0 aliphatic carbocycles. The fourth-order valence-corrected chi connectivity index (χ4v) is 2.83. The molecular weight excluding hydrogens is 364 g/mol. The number of nitrogens with one attached hydrogen (secondary N) is 2. The molecule has 7 nitrogen and oxygen atoms in total. The minimum Gasteiger partial charge on any atom is -0.493 e. The maximum Gasteiger partial charge on any atom is 0.191 e. The number of guanidine groups is 1. The summed E-state index contributed by atoms with van der Waals surface area (Å²) in [6.45, 7) is 9.14. The molecule has 0 saturated carbocycles. The number of rotatable bonds is 9. The summed E-state index contributed by atoms with van der Waals surface area (Å²) >= 11 is 0. The van der Waals surface area contributed by atoms with Gasteiger partial charge in [-0.05, 0) is 49.1 Å². The average molecular weight is 395 g/mol. The summed E-state index contributed by atoms with van der Waals surface area (Å²) in [4.78, 5) is 4.64. The van der Waals surface area contributed by atoms with Crippen LogP contribution < -0.4 is 15.4 Å². The van der Waals surface area contributed by atoms with Gasteiger partial charge in [0.2, 0.25) is 0 Å². The fraction of sp³-hybridized carbons (Fsp3) is 0.409. The molecule has 0 atom stereocenters. The minimum absolute atomic E-state index is 0.461. The van der Waals surface area contributed by atoms with Gasteiger partial charge < -0.3 is 15.4 Å². The number of hydrogen-bond acceptors (Lipinski definition) is 4. The van der Waals surface area contributed by atoms with Gasteiger partial charge in [-0.25, -0.2) is 4.99 Å². The molecule has 3 aromatic rings. The Morgan fingerprint density at radius 1 is 1.10 bits per heavy atom. The summed E-state index contributed by atoms with van der Waals surface area (Å²) in [7, 11) is 0. The lowest BCUT2D eigenvalue weighted by atomic mass is 10.1. The van der Waals surface area contributed by atoms with Gasteiger partial charge in [-0.2, -0.15) is 0 Å². The lowest BCUT2D eigenvalue weighted by Gasteiger charge is -2.12. The molecule has 154 valence electrons. The van der Waals surface area contributed by atoms with Crippen LogP contribution in [-0.2, 0) is 13.0 Å². The molecule has 0 aliphatic rings.